The van der Waals surface area contributed by atoms with Crippen LogP contribution in [0.15, 0.2) is 30.5 Å². The molecule has 2 heterocycles. The molecular formula is C19H21F2N5O3. The van der Waals surface area contributed by atoms with E-state index in [0.29, 0.717) is 18.6 Å². The number of nitrogens with two attached hydrogens (primary N) is 2. The van der Waals surface area contributed by atoms with Crippen molar-refractivity contribution < 1.29 is 23.2 Å². The van der Waals surface area contributed by atoms with Crippen molar-refractivity contribution in [3.63, 3.8) is 0 Å². The molecule has 0 spiro atoms. The highest BCUT2D eigenvalue weighted by Crippen LogP contribution is 2.36. The molecule has 1 aliphatic heterocycles. The fourth-order valence-corrected chi connectivity index (χ4v) is 3.10. The van der Waals surface area contributed by atoms with Crippen molar-refractivity contribution in [3.05, 3.63) is 53.4 Å². The predicted octanol–water partition coefficient (Wildman–Crippen LogP) is 2.13. The molecule has 29 heavy (non-hydrogen) atoms. The molecule has 1 aliphatic carbocycles. The molecule has 1 atom stereocenters. The number of primary amides is 1. The largest absolute Gasteiger partial charge is 0.368 e. The number of nitrogens with zero attached hydrogens (tertiary/aromatic N) is 3. The summed E-state index contributed by atoms with van der Waals surface area (Å²) in [6, 6.07) is 4.39. The van der Waals surface area contributed by atoms with Crippen molar-refractivity contribution >= 4 is 17.8 Å². The molecule has 0 bridgehead atoms. The Bertz CT molecular complexity index is 887. The number of rotatable bonds is 3. The van der Waals surface area contributed by atoms with Gasteiger partial charge in [-0.2, -0.15) is 0 Å². The minimum atomic E-state index is -0.627. The molecule has 1 saturated carbocycles. The Morgan fingerprint density at radius 1 is 1.14 bits per heavy atom. The molecule has 1 unspecified atom stereocenters. The lowest BCUT2D eigenvalue weighted by Crippen LogP contribution is -2.37. The van der Waals surface area contributed by atoms with E-state index in [9.17, 15) is 18.4 Å². The van der Waals surface area contributed by atoms with E-state index in [0.717, 1.165) is 25.3 Å². The summed E-state index contributed by atoms with van der Waals surface area (Å²) in [5, 5.41) is 1.32. The van der Waals surface area contributed by atoms with Gasteiger partial charge < -0.3 is 11.5 Å². The molecule has 2 fully saturated rings. The molecule has 1 saturated heterocycles. The van der Waals surface area contributed by atoms with Gasteiger partial charge in [0, 0.05) is 24.6 Å². The minimum Gasteiger partial charge on any atom is -0.368 e. The van der Waals surface area contributed by atoms with Crippen molar-refractivity contribution in [2.75, 3.05) is 12.3 Å². The summed E-state index contributed by atoms with van der Waals surface area (Å²) in [7, 11) is 0. The molecule has 1 aromatic heterocycles. The van der Waals surface area contributed by atoms with E-state index in [2.05, 4.69) is 9.97 Å². The number of hydroxylamine groups is 2. The van der Waals surface area contributed by atoms with Gasteiger partial charge in [-0.25, -0.2) is 23.8 Å². The normalized spacial score (nSPS) is 18.6. The number of hydrogen-bond donors (Lipinski definition) is 2. The molecule has 4 rings (SSSR count). The third-order valence-corrected chi connectivity index (χ3v) is 4.77. The van der Waals surface area contributed by atoms with Crippen molar-refractivity contribution in [2.45, 2.75) is 31.7 Å². The Balaban J connectivity index is 0.000000204. The number of anilines is 1. The van der Waals surface area contributed by atoms with Crippen LogP contribution in [0.4, 0.5) is 14.7 Å². The molecule has 0 radical (unpaired) electrons. The predicted molar refractivity (Wildman–Crippen MR) is 98.8 cm³/mol. The zero-order valence-electron chi connectivity index (χ0n) is 15.6. The number of halogens is 2. The maximum Gasteiger partial charge on any atom is 0.267 e. The van der Waals surface area contributed by atoms with Gasteiger partial charge >= 0.3 is 0 Å². The third kappa shape index (κ3) is 5.02. The topological polar surface area (TPSA) is 124 Å². The minimum absolute atomic E-state index is 0.0130. The maximum atomic E-state index is 13.3. The highest BCUT2D eigenvalue weighted by atomic mass is 19.1. The van der Waals surface area contributed by atoms with E-state index in [-0.39, 0.29) is 29.5 Å². The van der Waals surface area contributed by atoms with Crippen molar-refractivity contribution in [1.82, 2.24) is 15.0 Å². The standard InChI is InChI=1S/C14H15F2NO2.C5H6N4O/c15-11-6-10(7-12(16)8-11)13-4-5-19-17(13)14(18)9-2-1-3-9;6-4(10)3-1-2-8-5(7)9-3/h6-9,13H,1-5H2;1-2H,(H2,6,10)(H2,7,8,9). The number of hydrogen-bond acceptors (Lipinski definition) is 6. The quantitative estimate of drug-likeness (QED) is 0.806. The monoisotopic (exact) mass is 405 g/mol. The van der Waals surface area contributed by atoms with Gasteiger partial charge in [-0.1, -0.05) is 6.42 Å². The first-order valence-electron chi connectivity index (χ1n) is 9.15. The number of benzene rings is 1. The summed E-state index contributed by atoms with van der Waals surface area (Å²) >= 11 is 0. The number of nitrogen functional groups attached to an aromatic ring is 1. The van der Waals surface area contributed by atoms with Crippen LogP contribution >= 0.6 is 0 Å². The second-order valence-electron chi connectivity index (χ2n) is 6.80. The van der Waals surface area contributed by atoms with E-state index in [1.54, 1.807) is 0 Å². The maximum absolute atomic E-state index is 13.3. The second-order valence-corrected chi connectivity index (χ2v) is 6.80. The van der Waals surface area contributed by atoms with E-state index in [1.807, 2.05) is 0 Å². The summed E-state index contributed by atoms with van der Waals surface area (Å²) in [5.74, 6) is -1.85. The number of carbonyl (C=O) groups is 2. The average molecular weight is 405 g/mol. The molecule has 8 nitrogen and oxygen atoms in total. The lowest BCUT2D eigenvalue weighted by molar-refractivity contribution is -0.184. The van der Waals surface area contributed by atoms with Crippen LogP contribution in [0.1, 0.15) is 47.8 Å². The number of aromatic nitrogens is 2. The Morgan fingerprint density at radius 3 is 2.34 bits per heavy atom. The smallest absolute Gasteiger partial charge is 0.267 e. The Kier molecular flexibility index (Phi) is 6.32. The zero-order chi connectivity index (χ0) is 21.0. The van der Waals surface area contributed by atoms with E-state index in [1.165, 1.54) is 29.5 Å². The fraction of sp³-hybridized carbons (Fsp3) is 0.368. The summed E-state index contributed by atoms with van der Waals surface area (Å²) in [5.41, 5.74) is 10.7. The summed E-state index contributed by atoms with van der Waals surface area (Å²) in [6.07, 6.45) is 4.76. The molecular weight excluding hydrogens is 384 g/mol. The van der Waals surface area contributed by atoms with Gasteiger partial charge in [0.25, 0.3) is 5.91 Å². The Hall–Kier alpha value is -3.14. The lowest BCUT2D eigenvalue weighted by Gasteiger charge is -2.31. The first-order valence-corrected chi connectivity index (χ1v) is 9.15. The van der Waals surface area contributed by atoms with E-state index >= 15 is 0 Å². The van der Waals surface area contributed by atoms with Crippen molar-refractivity contribution in [3.8, 4) is 0 Å². The lowest BCUT2D eigenvalue weighted by atomic mass is 9.84. The Labute approximate surface area is 165 Å². The van der Waals surface area contributed by atoms with Gasteiger partial charge in [0.2, 0.25) is 11.9 Å². The van der Waals surface area contributed by atoms with Gasteiger partial charge in [0.15, 0.2) is 0 Å². The van der Waals surface area contributed by atoms with E-state index in [4.69, 9.17) is 16.3 Å². The van der Waals surface area contributed by atoms with Crippen LogP contribution < -0.4 is 11.5 Å². The molecule has 2 amide bonds. The summed E-state index contributed by atoms with van der Waals surface area (Å²) in [6.45, 7) is 0.404. The van der Waals surface area contributed by atoms with Gasteiger partial charge in [-0.05, 0) is 36.6 Å². The first kappa shape index (κ1) is 20.6. The number of carbonyl (C=O) groups excluding carboxylic acids is 2. The van der Waals surface area contributed by atoms with Crippen molar-refractivity contribution in [2.24, 2.45) is 11.7 Å². The van der Waals surface area contributed by atoms with Crippen molar-refractivity contribution in [1.29, 1.82) is 0 Å². The van der Waals surface area contributed by atoms with Crippen LogP contribution in [0.25, 0.3) is 0 Å². The highest BCUT2D eigenvalue weighted by Gasteiger charge is 2.38. The van der Waals surface area contributed by atoms with Crippen LogP contribution in [0.2, 0.25) is 0 Å². The highest BCUT2D eigenvalue weighted by molar-refractivity contribution is 5.90. The fourth-order valence-electron chi connectivity index (χ4n) is 3.10. The Morgan fingerprint density at radius 2 is 1.83 bits per heavy atom. The number of amides is 2. The molecule has 2 aliphatic rings. The van der Waals surface area contributed by atoms with Gasteiger partial charge in [-0.15, -0.1) is 0 Å². The molecule has 4 N–H and O–H groups in total. The van der Waals surface area contributed by atoms with Crippen LogP contribution in [-0.2, 0) is 9.63 Å². The molecule has 1 aromatic carbocycles. The van der Waals surface area contributed by atoms with E-state index < -0.39 is 17.5 Å². The van der Waals surface area contributed by atoms with Crippen LogP contribution in [0, 0.1) is 17.6 Å². The average Bonchev–Trinajstić information content (AvgIpc) is 3.10. The van der Waals surface area contributed by atoms with Crippen LogP contribution in [-0.4, -0.2) is 33.5 Å². The van der Waals surface area contributed by atoms with Crippen LogP contribution in [0.5, 0.6) is 0 Å². The van der Waals surface area contributed by atoms with Crippen LogP contribution in [0.3, 0.4) is 0 Å². The SMILES string of the molecule is NC(=O)c1ccnc(N)n1.O=C(C1CCC1)N1OCCC1c1cc(F)cc(F)c1. The second kappa shape index (κ2) is 8.91. The molecule has 154 valence electrons. The molecule has 10 heteroatoms. The van der Waals surface area contributed by atoms with Gasteiger partial charge in [0.1, 0.15) is 17.3 Å². The third-order valence-electron chi connectivity index (χ3n) is 4.77. The molecule has 2 aromatic rings. The van der Waals surface area contributed by atoms with Gasteiger partial charge in [-0.3, -0.25) is 14.4 Å². The zero-order valence-corrected chi connectivity index (χ0v) is 15.6. The summed E-state index contributed by atoms with van der Waals surface area (Å²) < 4.78 is 26.5. The van der Waals surface area contributed by atoms with Gasteiger partial charge in [0.05, 0.1) is 12.6 Å². The first-order chi connectivity index (χ1) is 13.8. The summed E-state index contributed by atoms with van der Waals surface area (Å²) in [4.78, 5) is 35.1.